The molecule has 2 aromatic carbocycles. The van der Waals surface area contributed by atoms with Crippen LogP contribution in [0.1, 0.15) is 24.8 Å². The standard InChI is InChI=1S/C20H26N2O2/c23-12-4-11-22(20(24)13-16-9-10-21-14-16)15-18-7-3-6-17-5-1-2-8-19(17)18/h1-3,5-8,16,21,23H,4,9-15H2/t16-/m1/s1. The van der Waals surface area contributed by atoms with Gasteiger partial charge in [0, 0.05) is 26.1 Å². The summed E-state index contributed by atoms with van der Waals surface area (Å²) in [5, 5.41) is 14.9. The lowest BCUT2D eigenvalue weighted by Crippen LogP contribution is -2.33. The first-order valence-electron chi connectivity index (χ1n) is 8.84. The maximum absolute atomic E-state index is 12.8. The highest BCUT2D eigenvalue weighted by atomic mass is 16.3. The van der Waals surface area contributed by atoms with Gasteiger partial charge in [-0.15, -0.1) is 0 Å². The monoisotopic (exact) mass is 326 g/mol. The molecule has 0 aliphatic carbocycles. The molecule has 0 aromatic heterocycles. The van der Waals surface area contributed by atoms with Crippen LogP contribution in [0, 0.1) is 5.92 Å². The molecule has 1 saturated heterocycles. The summed E-state index contributed by atoms with van der Waals surface area (Å²) < 4.78 is 0. The van der Waals surface area contributed by atoms with Gasteiger partial charge in [0.1, 0.15) is 0 Å². The van der Waals surface area contributed by atoms with Crippen LogP contribution in [0.5, 0.6) is 0 Å². The quantitative estimate of drug-likeness (QED) is 0.822. The second-order valence-electron chi connectivity index (χ2n) is 6.59. The van der Waals surface area contributed by atoms with Crippen molar-refractivity contribution in [3.63, 3.8) is 0 Å². The zero-order chi connectivity index (χ0) is 16.8. The molecule has 128 valence electrons. The minimum absolute atomic E-state index is 0.115. The van der Waals surface area contributed by atoms with E-state index in [-0.39, 0.29) is 12.5 Å². The van der Waals surface area contributed by atoms with Gasteiger partial charge in [-0.3, -0.25) is 4.79 Å². The Hall–Kier alpha value is -1.91. The molecule has 1 amide bonds. The first-order chi connectivity index (χ1) is 11.8. The summed E-state index contributed by atoms with van der Waals surface area (Å²) in [6.07, 6.45) is 2.30. The lowest BCUT2D eigenvalue weighted by atomic mass is 10.0. The zero-order valence-corrected chi connectivity index (χ0v) is 14.1. The van der Waals surface area contributed by atoms with Crippen LogP contribution in [-0.2, 0) is 11.3 Å². The fourth-order valence-electron chi connectivity index (χ4n) is 3.45. The second-order valence-corrected chi connectivity index (χ2v) is 6.59. The van der Waals surface area contributed by atoms with Gasteiger partial charge in [-0.1, -0.05) is 42.5 Å². The maximum atomic E-state index is 12.8. The van der Waals surface area contributed by atoms with E-state index in [9.17, 15) is 9.90 Å². The zero-order valence-electron chi connectivity index (χ0n) is 14.1. The fraction of sp³-hybridized carbons (Fsp3) is 0.450. The summed E-state index contributed by atoms with van der Waals surface area (Å²) in [5.74, 6) is 0.645. The third-order valence-electron chi connectivity index (χ3n) is 4.81. The molecule has 4 nitrogen and oxygen atoms in total. The highest BCUT2D eigenvalue weighted by molar-refractivity contribution is 5.86. The van der Waals surface area contributed by atoms with E-state index in [1.54, 1.807) is 0 Å². The SMILES string of the molecule is O=C(C[C@H]1CCNC1)N(CCCO)Cc1cccc2ccccc12. The Morgan fingerprint density at radius 1 is 1.21 bits per heavy atom. The number of benzene rings is 2. The van der Waals surface area contributed by atoms with Gasteiger partial charge in [0.15, 0.2) is 0 Å². The fourth-order valence-corrected chi connectivity index (χ4v) is 3.45. The lowest BCUT2D eigenvalue weighted by molar-refractivity contribution is -0.132. The molecule has 2 N–H and O–H groups in total. The first kappa shape index (κ1) is 16.9. The van der Waals surface area contributed by atoms with E-state index in [1.807, 2.05) is 23.1 Å². The molecule has 24 heavy (non-hydrogen) atoms. The van der Waals surface area contributed by atoms with E-state index in [0.717, 1.165) is 19.5 Å². The van der Waals surface area contributed by atoms with E-state index in [2.05, 4.69) is 29.6 Å². The van der Waals surface area contributed by atoms with Gasteiger partial charge >= 0.3 is 0 Å². The minimum Gasteiger partial charge on any atom is -0.396 e. The molecule has 1 fully saturated rings. The van der Waals surface area contributed by atoms with Crippen LogP contribution in [0.15, 0.2) is 42.5 Å². The number of hydrogen-bond donors (Lipinski definition) is 2. The highest BCUT2D eigenvalue weighted by Gasteiger charge is 2.22. The Morgan fingerprint density at radius 3 is 2.83 bits per heavy atom. The van der Waals surface area contributed by atoms with Crippen molar-refractivity contribution in [1.82, 2.24) is 10.2 Å². The number of aliphatic hydroxyl groups is 1. The van der Waals surface area contributed by atoms with Gasteiger partial charge in [-0.25, -0.2) is 0 Å². The van der Waals surface area contributed by atoms with Crippen molar-refractivity contribution in [2.24, 2.45) is 5.92 Å². The average molecular weight is 326 g/mol. The molecule has 1 heterocycles. The molecule has 0 saturated carbocycles. The third-order valence-corrected chi connectivity index (χ3v) is 4.81. The summed E-state index contributed by atoms with van der Waals surface area (Å²) in [5.41, 5.74) is 1.17. The van der Waals surface area contributed by atoms with Gasteiger partial charge in [-0.05, 0) is 48.2 Å². The molecular weight excluding hydrogens is 300 g/mol. The summed E-state index contributed by atoms with van der Waals surface area (Å²) in [4.78, 5) is 14.7. The molecule has 0 bridgehead atoms. The molecule has 1 aliphatic heterocycles. The normalized spacial score (nSPS) is 17.3. The van der Waals surface area contributed by atoms with Gasteiger partial charge < -0.3 is 15.3 Å². The Bertz CT molecular complexity index is 675. The number of nitrogens with zero attached hydrogens (tertiary/aromatic N) is 1. The van der Waals surface area contributed by atoms with E-state index < -0.39 is 0 Å². The van der Waals surface area contributed by atoms with Crippen molar-refractivity contribution in [3.05, 3.63) is 48.0 Å². The van der Waals surface area contributed by atoms with Crippen LogP contribution in [0.25, 0.3) is 10.8 Å². The van der Waals surface area contributed by atoms with E-state index in [4.69, 9.17) is 0 Å². The summed E-state index contributed by atoms with van der Waals surface area (Å²) >= 11 is 0. The number of aliphatic hydroxyl groups excluding tert-OH is 1. The molecule has 1 atom stereocenters. The Labute approximate surface area is 143 Å². The van der Waals surface area contributed by atoms with Gasteiger partial charge in [0.2, 0.25) is 5.91 Å². The predicted molar refractivity (Wildman–Crippen MR) is 96.7 cm³/mol. The number of carbonyl (C=O) groups is 1. The predicted octanol–water partition coefficient (Wildman–Crippen LogP) is 2.55. The van der Waals surface area contributed by atoms with Crippen molar-refractivity contribution in [2.45, 2.75) is 25.8 Å². The van der Waals surface area contributed by atoms with E-state index in [0.29, 0.717) is 31.8 Å². The van der Waals surface area contributed by atoms with Gasteiger partial charge in [0.25, 0.3) is 0 Å². The smallest absolute Gasteiger partial charge is 0.223 e. The number of amides is 1. The van der Waals surface area contributed by atoms with Crippen LogP contribution in [-0.4, -0.2) is 42.2 Å². The Balaban J connectivity index is 1.76. The topological polar surface area (TPSA) is 52.6 Å². The van der Waals surface area contributed by atoms with Crippen molar-refractivity contribution < 1.29 is 9.90 Å². The van der Waals surface area contributed by atoms with Crippen molar-refractivity contribution in [3.8, 4) is 0 Å². The van der Waals surface area contributed by atoms with Crippen LogP contribution >= 0.6 is 0 Å². The second kappa shape index (κ2) is 8.27. The largest absolute Gasteiger partial charge is 0.396 e. The van der Waals surface area contributed by atoms with Crippen molar-refractivity contribution in [2.75, 3.05) is 26.2 Å². The Morgan fingerprint density at radius 2 is 2.04 bits per heavy atom. The first-order valence-corrected chi connectivity index (χ1v) is 8.84. The molecule has 2 aromatic rings. The summed E-state index contributed by atoms with van der Waals surface area (Å²) in [6.45, 7) is 3.29. The summed E-state index contributed by atoms with van der Waals surface area (Å²) in [7, 11) is 0. The number of nitrogens with one attached hydrogen (secondary N) is 1. The third kappa shape index (κ3) is 4.13. The van der Waals surface area contributed by atoms with Crippen LogP contribution in [0.3, 0.4) is 0 Å². The summed E-state index contributed by atoms with van der Waals surface area (Å²) in [6, 6.07) is 14.5. The molecule has 3 rings (SSSR count). The number of carbonyl (C=O) groups excluding carboxylic acids is 1. The number of rotatable bonds is 7. The molecule has 1 aliphatic rings. The van der Waals surface area contributed by atoms with Crippen LogP contribution in [0.2, 0.25) is 0 Å². The minimum atomic E-state index is 0.115. The molecule has 0 radical (unpaired) electrons. The number of hydrogen-bond acceptors (Lipinski definition) is 3. The maximum Gasteiger partial charge on any atom is 0.223 e. The molecule has 4 heteroatoms. The van der Waals surface area contributed by atoms with Gasteiger partial charge in [-0.2, -0.15) is 0 Å². The van der Waals surface area contributed by atoms with E-state index >= 15 is 0 Å². The highest BCUT2D eigenvalue weighted by Crippen LogP contribution is 2.21. The van der Waals surface area contributed by atoms with Gasteiger partial charge in [0.05, 0.1) is 0 Å². The van der Waals surface area contributed by atoms with Crippen molar-refractivity contribution in [1.29, 1.82) is 0 Å². The number of fused-ring (bicyclic) bond motifs is 1. The van der Waals surface area contributed by atoms with E-state index in [1.165, 1.54) is 16.3 Å². The lowest BCUT2D eigenvalue weighted by Gasteiger charge is -2.24. The van der Waals surface area contributed by atoms with Crippen LogP contribution in [0.4, 0.5) is 0 Å². The molecule has 0 unspecified atom stereocenters. The molecular formula is C20H26N2O2. The Kier molecular flexibility index (Phi) is 5.83. The van der Waals surface area contributed by atoms with Crippen molar-refractivity contribution >= 4 is 16.7 Å². The average Bonchev–Trinajstić information content (AvgIpc) is 3.11. The molecule has 0 spiro atoms. The van der Waals surface area contributed by atoms with Crippen LogP contribution < -0.4 is 5.32 Å².